The van der Waals surface area contributed by atoms with Gasteiger partial charge in [0.2, 0.25) is 11.8 Å². The van der Waals surface area contributed by atoms with Gasteiger partial charge in [0.25, 0.3) is 20.4 Å². The van der Waals surface area contributed by atoms with Crippen molar-refractivity contribution in [1.82, 2.24) is 29.5 Å². The molecule has 2 aromatic rings. The number of fused-ring (bicyclic) bond motifs is 2. The molecule has 4 fully saturated rings. The molecular weight excluding hydrogens is 1090 g/mol. The van der Waals surface area contributed by atoms with Gasteiger partial charge >= 0.3 is 24.4 Å². The van der Waals surface area contributed by atoms with Crippen molar-refractivity contribution in [2.24, 2.45) is 32.9 Å². The van der Waals surface area contributed by atoms with Gasteiger partial charge in [-0.1, -0.05) is 39.8 Å². The van der Waals surface area contributed by atoms with E-state index in [9.17, 15) is 70.7 Å². The summed E-state index contributed by atoms with van der Waals surface area (Å²) in [6.07, 6.45) is -9.83. The Labute approximate surface area is 448 Å². The lowest BCUT2D eigenvalue weighted by Gasteiger charge is -2.43. The molecule has 2 saturated heterocycles. The van der Waals surface area contributed by atoms with Crippen molar-refractivity contribution in [2.75, 3.05) is 39.5 Å². The van der Waals surface area contributed by atoms with E-state index in [4.69, 9.17) is 19.8 Å². The molecule has 78 heavy (non-hydrogen) atoms. The fraction of sp³-hybridized carbons (Fsp3) is 0.700. The first-order valence-corrected chi connectivity index (χ1v) is 29.1. The van der Waals surface area contributed by atoms with E-state index in [1.165, 1.54) is 15.9 Å². The van der Waals surface area contributed by atoms with Crippen molar-refractivity contribution in [3.05, 3.63) is 69.8 Å². The minimum absolute atomic E-state index is 0.000156. The van der Waals surface area contributed by atoms with Gasteiger partial charge in [-0.05, 0) is 123 Å². The Hall–Kier alpha value is -4.16. The number of alkyl halides is 9. The summed E-state index contributed by atoms with van der Waals surface area (Å²) >= 11 is 0. The minimum atomic E-state index is -5.12. The highest BCUT2D eigenvalue weighted by Gasteiger charge is 2.56. The van der Waals surface area contributed by atoms with Gasteiger partial charge in [-0.25, -0.2) is 10.3 Å². The lowest BCUT2D eigenvalue weighted by atomic mass is 9.73. The average molecular weight is 1160 g/mol. The maximum absolute atomic E-state index is 14.2. The zero-order valence-corrected chi connectivity index (χ0v) is 45.3. The van der Waals surface area contributed by atoms with Crippen molar-refractivity contribution in [2.45, 2.75) is 160 Å². The molecule has 17 nitrogen and oxygen atoms in total. The van der Waals surface area contributed by atoms with Crippen LogP contribution in [0.5, 0.6) is 0 Å². The average Bonchev–Trinajstić information content (AvgIpc) is 4.07. The first-order valence-electron chi connectivity index (χ1n) is 26.0. The molecule has 7 N–H and O–H groups in total. The van der Waals surface area contributed by atoms with Crippen LogP contribution in [-0.4, -0.2) is 119 Å². The number of nitrogens with zero attached hydrogens (tertiary/aromatic N) is 3. The van der Waals surface area contributed by atoms with E-state index in [-0.39, 0.29) is 106 Å². The van der Waals surface area contributed by atoms with Gasteiger partial charge in [0.1, 0.15) is 0 Å². The van der Waals surface area contributed by atoms with Crippen molar-refractivity contribution in [3.63, 3.8) is 0 Å². The molecule has 2 saturated carbocycles. The van der Waals surface area contributed by atoms with Crippen LogP contribution >= 0.6 is 0 Å². The Morgan fingerprint density at radius 3 is 1.45 bits per heavy atom. The minimum Gasteiger partial charge on any atom is -0.381 e. The second-order valence-electron chi connectivity index (χ2n) is 22.2. The molecule has 438 valence electrons. The summed E-state index contributed by atoms with van der Waals surface area (Å²) in [5.41, 5.74) is -2.81. The quantitative estimate of drug-likeness (QED) is 0.145. The molecule has 6 aliphatic rings. The number of hydrogen-bond donors (Lipinski definition) is 5. The zero-order chi connectivity index (χ0) is 57.6. The second kappa shape index (κ2) is 23.4. The van der Waals surface area contributed by atoms with E-state index in [0.717, 1.165) is 54.5 Å². The van der Waals surface area contributed by atoms with Crippen LogP contribution in [0.2, 0.25) is 0 Å². The van der Waals surface area contributed by atoms with Crippen LogP contribution in [0.4, 0.5) is 39.5 Å². The van der Waals surface area contributed by atoms with Crippen LogP contribution in [0, 0.1) is 22.7 Å². The standard InChI is InChI=1S/C26H34F6N4O5S.C24H35F3N4O4S/c1-15(2)24(8-5-19(12-24)36(23(38)26(30,31)32)18-6-9-41-10-7-18)22(37)35-13-16-11-17(25(27,28)29)3-4-20(16)21(14-35)34-42(33,39)40;1-15(2)23(8-5-19(12-23)29-18-6-9-35-10-7-18)22(32)31-13-16-11-17(24(25,26)27)3-4-20(16)21(14-31)30-36(28,33)34/h3-4,11,15,18-19,21,34H,5-10,12-14H2,1-2H3,(H2,33,39,40);3-4,11,15,18-19,21,29-30H,5-10,12-14H2,1-2H3,(H2,28,33,34)/t19-,21?,24+;19-,21?,23+/m11/s1. The maximum atomic E-state index is 14.2. The van der Waals surface area contributed by atoms with Crippen LogP contribution in [0.3, 0.4) is 0 Å². The Kier molecular flexibility index (Phi) is 18.4. The van der Waals surface area contributed by atoms with E-state index in [1.54, 1.807) is 13.8 Å². The van der Waals surface area contributed by atoms with Gasteiger partial charge in [-0.15, -0.1) is 0 Å². The molecule has 28 heteroatoms. The second-order valence-corrected chi connectivity index (χ2v) is 24.8. The van der Waals surface area contributed by atoms with Crippen molar-refractivity contribution in [3.8, 4) is 0 Å². The van der Waals surface area contributed by atoms with Crippen LogP contribution in [0.1, 0.15) is 137 Å². The highest BCUT2D eigenvalue weighted by Crippen LogP contribution is 2.51. The number of nitrogens with two attached hydrogens (primary N) is 2. The third-order valence-electron chi connectivity index (χ3n) is 16.7. The van der Waals surface area contributed by atoms with Gasteiger partial charge in [0.05, 0.1) is 34.0 Å². The molecule has 6 atom stereocenters. The van der Waals surface area contributed by atoms with E-state index >= 15 is 0 Å². The summed E-state index contributed by atoms with van der Waals surface area (Å²) in [6, 6.07) is 2.79. The molecule has 4 aliphatic heterocycles. The molecule has 0 aromatic heterocycles. The summed E-state index contributed by atoms with van der Waals surface area (Å²) in [5, 5.41) is 14.1. The normalized spacial score (nSPS) is 26.8. The highest BCUT2D eigenvalue weighted by atomic mass is 32.2. The number of nitrogens with one attached hydrogen (secondary N) is 3. The fourth-order valence-electron chi connectivity index (χ4n) is 12.6. The van der Waals surface area contributed by atoms with E-state index in [1.807, 2.05) is 13.8 Å². The predicted molar refractivity (Wildman–Crippen MR) is 265 cm³/mol. The first kappa shape index (κ1) is 61.5. The largest absolute Gasteiger partial charge is 0.471 e. The van der Waals surface area contributed by atoms with E-state index in [0.29, 0.717) is 37.7 Å². The Bertz CT molecular complexity index is 2740. The third-order valence-corrected chi connectivity index (χ3v) is 17.9. The lowest BCUT2D eigenvalue weighted by molar-refractivity contribution is -0.192. The number of carbonyl (C=O) groups is 3. The molecular formula is C50H69F9N8O9S2. The first-order chi connectivity index (χ1) is 36.1. The number of ether oxygens (including phenoxy) is 2. The molecule has 3 amide bonds. The van der Waals surface area contributed by atoms with Crippen molar-refractivity contribution >= 4 is 38.1 Å². The summed E-state index contributed by atoms with van der Waals surface area (Å²) in [7, 11) is -8.49. The number of rotatable bonds is 12. The molecule has 0 radical (unpaired) electrons. The topological polar surface area (TPSA) is 236 Å². The maximum Gasteiger partial charge on any atom is 0.471 e. The molecule has 0 spiro atoms. The van der Waals surface area contributed by atoms with Crippen molar-refractivity contribution in [1.29, 1.82) is 0 Å². The molecule has 2 unspecified atom stereocenters. The number of halogens is 9. The van der Waals surface area contributed by atoms with Crippen LogP contribution in [0.25, 0.3) is 0 Å². The van der Waals surface area contributed by atoms with Gasteiger partial charge in [0, 0.05) is 76.8 Å². The smallest absolute Gasteiger partial charge is 0.381 e. The Balaban J connectivity index is 0.000000229. The summed E-state index contributed by atoms with van der Waals surface area (Å²) in [4.78, 5) is 44.5. The van der Waals surface area contributed by atoms with Crippen molar-refractivity contribution < 1.29 is 80.2 Å². The lowest BCUT2D eigenvalue weighted by Crippen LogP contribution is -2.55. The Morgan fingerprint density at radius 2 is 1.04 bits per heavy atom. The van der Waals surface area contributed by atoms with Gasteiger partial charge < -0.3 is 29.5 Å². The zero-order valence-electron chi connectivity index (χ0n) is 43.7. The SMILES string of the molecule is CC(C)[C@]1(C(=O)N2Cc3cc(C(F)(F)F)ccc3C(NS(N)(=O)=O)C2)CC[C@@H](N(C(=O)C(F)(F)F)C2CCOCC2)C1.CC(C)[C@]1(C(=O)N2Cc3cc(C(F)(F)F)ccc3C(NS(N)(=O)=O)C2)CC[C@@H](NC2CCOCC2)C1. The predicted octanol–water partition coefficient (Wildman–Crippen LogP) is 6.49. The Morgan fingerprint density at radius 1 is 0.615 bits per heavy atom. The summed E-state index contributed by atoms with van der Waals surface area (Å²) in [5.74, 6) is -3.08. The summed E-state index contributed by atoms with van der Waals surface area (Å²) < 4.78 is 184. The van der Waals surface area contributed by atoms with E-state index < -0.39 is 103 Å². The fourth-order valence-corrected chi connectivity index (χ4v) is 13.8. The molecule has 2 aliphatic carbocycles. The summed E-state index contributed by atoms with van der Waals surface area (Å²) in [6.45, 7) is 8.71. The highest BCUT2D eigenvalue weighted by molar-refractivity contribution is 7.87. The van der Waals surface area contributed by atoms with Gasteiger partial charge in [-0.2, -0.15) is 65.8 Å². The van der Waals surface area contributed by atoms with Gasteiger partial charge in [0.15, 0.2) is 0 Å². The monoisotopic (exact) mass is 1160 g/mol. The van der Waals surface area contributed by atoms with Crippen LogP contribution < -0.4 is 25.0 Å². The molecule has 8 rings (SSSR count). The van der Waals surface area contributed by atoms with E-state index in [2.05, 4.69) is 14.8 Å². The number of amides is 3. The number of carbonyl (C=O) groups excluding carboxylic acids is 3. The molecule has 0 bridgehead atoms. The van der Waals surface area contributed by atoms with Crippen LogP contribution in [0.15, 0.2) is 36.4 Å². The number of benzene rings is 2. The third kappa shape index (κ3) is 14.1. The molecule has 4 heterocycles. The van der Waals surface area contributed by atoms with Crippen LogP contribution in [-0.2, 0) is 69.7 Å². The van der Waals surface area contributed by atoms with Gasteiger partial charge in [-0.3, -0.25) is 14.4 Å². The number of hydrogen-bond acceptors (Lipinski definition) is 10. The molecule has 2 aromatic carbocycles.